The molecule has 0 spiro atoms. The van der Waals surface area contributed by atoms with E-state index in [0.717, 1.165) is 30.4 Å². The highest BCUT2D eigenvalue weighted by molar-refractivity contribution is 5.78. The van der Waals surface area contributed by atoms with E-state index in [1.54, 1.807) is 0 Å². The van der Waals surface area contributed by atoms with E-state index in [-0.39, 0.29) is 24.0 Å². The smallest absolute Gasteiger partial charge is 0.144 e. The Morgan fingerprint density at radius 2 is 1.60 bits per heavy atom. The molecule has 0 aromatic heterocycles. The molecule has 0 atom stereocenters. The van der Waals surface area contributed by atoms with Gasteiger partial charge in [-0.25, -0.2) is 0 Å². The second kappa shape index (κ2) is 3.67. The molecule has 2 nitrogen and oxygen atoms in total. The predicted molar refractivity (Wildman–Crippen MR) is 36.1 cm³/mol. The van der Waals surface area contributed by atoms with Crippen LogP contribution in [-0.2, 0) is 4.79 Å². The number of quaternary nitrogens is 1. The summed E-state index contributed by atoms with van der Waals surface area (Å²) in [6.45, 7) is 2.05. The van der Waals surface area contributed by atoms with Crippen molar-refractivity contribution >= 4 is 5.78 Å². The lowest BCUT2D eigenvalue weighted by atomic mass is 10.1. The molecule has 1 fully saturated rings. The van der Waals surface area contributed by atoms with Crippen LogP contribution in [-0.4, -0.2) is 37.5 Å². The van der Waals surface area contributed by atoms with Gasteiger partial charge in [-0.05, 0) is 0 Å². The Morgan fingerprint density at radius 1 is 1.20 bits per heavy atom. The second-order valence-electron chi connectivity index (χ2n) is 3.42. The SMILES string of the molecule is C[N+]1(C)CCC(=O)CC1.[I-]. The van der Waals surface area contributed by atoms with Gasteiger partial charge < -0.3 is 28.5 Å². The van der Waals surface area contributed by atoms with Gasteiger partial charge >= 0.3 is 0 Å². The summed E-state index contributed by atoms with van der Waals surface area (Å²) in [5.41, 5.74) is 0. The molecule has 10 heavy (non-hydrogen) atoms. The van der Waals surface area contributed by atoms with Crippen LogP contribution in [0.4, 0.5) is 0 Å². The third kappa shape index (κ3) is 2.96. The molecule has 0 unspecified atom stereocenters. The molecule has 0 aliphatic carbocycles. The second-order valence-corrected chi connectivity index (χ2v) is 3.42. The van der Waals surface area contributed by atoms with Crippen molar-refractivity contribution in [1.82, 2.24) is 0 Å². The van der Waals surface area contributed by atoms with Gasteiger partial charge in [0.1, 0.15) is 5.78 Å². The molecule has 60 valence electrons. The predicted octanol–water partition coefficient (Wildman–Crippen LogP) is -2.57. The van der Waals surface area contributed by atoms with Crippen molar-refractivity contribution in [1.29, 1.82) is 0 Å². The highest BCUT2D eigenvalue weighted by Gasteiger charge is 2.23. The van der Waals surface area contributed by atoms with E-state index in [9.17, 15) is 4.79 Å². The molecule has 3 heteroatoms. The Bertz CT molecular complexity index is 122. The number of carbonyl (C=O) groups is 1. The maximum absolute atomic E-state index is 10.7. The molecular formula is C7H14INO. The molecule has 1 aliphatic heterocycles. The fourth-order valence-corrected chi connectivity index (χ4v) is 1.09. The average molecular weight is 255 g/mol. The van der Waals surface area contributed by atoms with Crippen LogP contribution in [0, 0.1) is 0 Å². The maximum Gasteiger partial charge on any atom is 0.144 e. The number of hydrogen-bond acceptors (Lipinski definition) is 1. The lowest BCUT2D eigenvalue weighted by molar-refractivity contribution is -0.891. The Labute approximate surface area is 79.2 Å². The van der Waals surface area contributed by atoms with E-state index >= 15 is 0 Å². The summed E-state index contributed by atoms with van der Waals surface area (Å²) in [5, 5.41) is 0. The van der Waals surface area contributed by atoms with Crippen molar-refractivity contribution in [3.8, 4) is 0 Å². The molecule has 0 aromatic rings. The molecular weight excluding hydrogens is 241 g/mol. The van der Waals surface area contributed by atoms with Crippen LogP contribution in [0.5, 0.6) is 0 Å². The van der Waals surface area contributed by atoms with Gasteiger partial charge in [0.2, 0.25) is 0 Å². The van der Waals surface area contributed by atoms with Crippen LogP contribution in [0.15, 0.2) is 0 Å². The van der Waals surface area contributed by atoms with Gasteiger partial charge in [0.15, 0.2) is 0 Å². The van der Waals surface area contributed by atoms with Crippen molar-refractivity contribution in [2.45, 2.75) is 12.8 Å². The van der Waals surface area contributed by atoms with E-state index in [1.165, 1.54) is 0 Å². The third-order valence-electron chi connectivity index (χ3n) is 1.99. The Hall–Kier alpha value is 0.360. The van der Waals surface area contributed by atoms with E-state index in [1.807, 2.05) is 0 Å². The first kappa shape index (κ1) is 10.4. The number of likely N-dealkylation sites (tertiary alicyclic amines) is 1. The summed E-state index contributed by atoms with van der Waals surface area (Å²) >= 11 is 0. The van der Waals surface area contributed by atoms with Crippen LogP contribution >= 0.6 is 0 Å². The number of nitrogens with zero attached hydrogens (tertiary/aromatic N) is 1. The summed E-state index contributed by atoms with van der Waals surface area (Å²) in [6.07, 6.45) is 1.57. The molecule has 0 amide bonds. The number of hydrogen-bond donors (Lipinski definition) is 0. The van der Waals surface area contributed by atoms with E-state index in [0.29, 0.717) is 5.78 Å². The summed E-state index contributed by atoms with van der Waals surface area (Å²) in [5.74, 6) is 0.437. The van der Waals surface area contributed by atoms with Crippen molar-refractivity contribution in [2.24, 2.45) is 0 Å². The maximum atomic E-state index is 10.7. The fraction of sp³-hybridized carbons (Fsp3) is 0.857. The molecule has 0 N–H and O–H groups in total. The molecule has 1 heterocycles. The van der Waals surface area contributed by atoms with Gasteiger partial charge in [-0.15, -0.1) is 0 Å². The third-order valence-corrected chi connectivity index (χ3v) is 1.99. The van der Waals surface area contributed by atoms with Crippen LogP contribution in [0.2, 0.25) is 0 Å². The van der Waals surface area contributed by atoms with E-state index < -0.39 is 0 Å². The normalized spacial score (nSPS) is 23.6. The number of rotatable bonds is 0. The molecule has 1 aliphatic rings. The number of Topliss-reactive ketones (excluding diaryl/α,β-unsaturated/α-hetero) is 1. The molecule has 0 saturated carbocycles. The summed E-state index contributed by atoms with van der Waals surface area (Å²) in [7, 11) is 4.35. The molecule has 1 rings (SSSR count). The van der Waals surface area contributed by atoms with Crippen molar-refractivity contribution < 1.29 is 33.3 Å². The van der Waals surface area contributed by atoms with E-state index in [2.05, 4.69) is 14.1 Å². The van der Waals surface area contributed by atoms with Crippen molar-refractivity contribution in [2.75, 3.05) is 27.2 Å². The topological polar surface area (TPSA) is 17.1 Å². The number of carbonyl (C=O) groups excluding carboxylic acids is 1. The lowest BCUT2D eigenvalue weighted by Crippen LogP contribution is -3.00. The summed E-state index contributed by atoms with van der Waals surface area (Å²) < 4.78 is 1.02. The van der Waals surface area contributed by atoms with Crippen molar-refractivity contribution in [3.63, 3.8) is 0 Å². The zero-order valence-corrected chi connectivity index (χ0v) is 8.72. The molecule has 1 saturated heterocycles. The number of piperidine rings is 1. The summed E-state index contributed by atoms with van der Waals surface area (Å²) in [6, 6.07) is 0. The van der Waals surface area contributed by atoms with Crippen LogP contribution in [0.25, 0.3) is 0 Å². The highest BCUT2D eigenvalue weighted by atomic mass is 127. The minimum atomic E-state index is 0. The number of ketones is 1. The summed E-state index contributed by atoms with van der Waals surface area (Å²) in [4.78, 5) is 10.7. The lowest BCUT2D eigenvalue weighted by Gasteiger charge is -2.32. The Kier molecular flexibility index (Phi) is 3.80. The zero-order valence-electron chi connectivity index (χ0n) is 6.56. The quantitative estimate of drug-likeness (QED) is 0.343. The molecule has 0 radical (unpaired) electrons. The minimum absolute atomic E-state index is 0. The van der Waals surface area contributed by atoms with Gasteiger partial charge in [0, 0.05) is 0 Å². The number of halogens is 1. The largest absolute Gasteiger partial charge is 1.00 e. The standard InChI is InChI=1S/C7H14NO.HI/c1-8(2)5-3-7(9)4-6-8;/h3-6H2,1-2H3;1H/q+1;/p-1. The van der Waals surface area contributed by atoms with Crippen LogP contribution in [0.1, 0.15) is 12.8 Å². The Balaban J connectivity index is 0.000000810. The Morgan fingerprint density at radius 3 is 1.90 bits per heavy atom. The van der Waals surface area contributed by atoms with Gasteiger partial charge in [-0.1, -0.05) is 0 Å². The van der Waals surface area contributed by atoms with Gasteiger partial charge in [0.25, 0.3) is 0 Å². The monoisotopic (exact) mass is 255 g/mol. The van der Waals surface area contributed by atoms with E-state index in [4.69, 9.17) is 0 Å². The minimum Gasteiger partial charge on any atom is -1.00 e. The first-order valence-corrected chi connectivity index (χ1v) is 3.44. The van der Waals surface area contributed by atoms with Crippen LogP contribution < -0.4 is 24.0 Å². The van der Waals surface area contributed by atoms with Crippen molar-refractivity contribution in [3.05, 3.63) is 0 Å². The molecule has 0 aromatic carbocycles. The average Bonchev–Trinajstić information content (AvgIpc) is 1.78. The first-order valence-electron chi connectivity index (χ1n) is 3.44. The van der Waals surface area contributed by atoms with Crippen LogP contribution in [0.3, 0.4) is 0 Å². The zero-order chi connectivity index (χ0) is 6.91. The van der Waals surface area contributed by atoms with Gasteiger partial charge in [0.05, 0.1) is 40.0 Å². The van der Waals surface area contributed by atoms with Gasteiger partial charge in [-0.2, -0.15) is 0 Å². The highest BCUT2D eigenvalue weighted by Crippen LogP contribution is 2.09. The fourth-order valence-electron chi connectivity index (χ4n) is 1.09. The molecule has 0 bridgehead atoms. The first-order chi connectivity index (χ1) is 4.10. The van der Waals surface area contributed by atoms with Gasteiger partial charge in [-0.3, -0.25) is 4.79 Å².